The lowest BCUT2D eigenvalue weighted by Gasteiger charge is -2.10. The van der Waals surface area contributed by atoms with Crippen LogP contribution in [0.25, 0.3) is 0 Å². The number of benzene rings is 1. The van der Waals surface area contributed by atoms with Crippen molar-refractivity contribution < 1.29 is 19.4 Å². The molecule has 1 amide bonds. The number of carboxylic acid groups (broad SMARTS) is 1. The van der Waals surface area contributed by atoms with Gasteiger partial charge >= 0.3 is 5.97 Å². The Morgan fingerprint density at radius 1 is 1.30 bits per heavy atom. The number of methoxy groups -OCH3 is 1. The van der Waals surface area contributed by atoms with Gasteiger partial charge in [-0.3, -0.25) is 4.79 Å². The summed E-state index contributed by atoms with van der Waals surface area (Å²) in [5.41, 5.74) is 2.55. The average Bonchev–Trinajstić information content (AvgIpc) is 2.84. The number of ether oxygens (including phenoxy) is 1. The molecule has 20 heavy (non-hydrogen) atoms. The van der Waals surface area contributed by atoms with Gasteiger partial charge in [0.05, 0.1) is 7.11 Å². The second kappa shape index (κ2) is 5.77. The van der Waals surface area contributed by atoms with Crippen LogP contribution in [0.15, 0.2) is 29.3 Å². The van der Waals surface area contributed by atoms with Crippen molar-refractivity contribution in [3.8, 4) is 5.75 Å². The molecule has 0 radical (unpaired) electrons. The Hall–Kier alpha value is -2.30. The fourth-order valence-electron chi connectivity index (χ4n) is 2.35. The van der Waals surface area contributed by atoms with Crippen LogP contribution >= 0.6 is 0 Å². The van der Waals surface area contributed by atoms with Crippen molar-refractivity contribution in [2.45, 2.75) is 26.2 Å². The highest BCUT2D eigenvalue weighted by molar-refractivity contribution is 6.05. The number of aromatic carboxylic acids is 1. The maximum atomic E-state index is 12.1. The summed E-state index contributed by atoms with van der Waals surface area (Å²) < 4.78 is 5.03. The van der Waals surface area contributed by atoms with E-state index < -0.39 is 5.97 Å². The summed E-state index contributed by atoms with van der Waals surface area (Å²) in [6.07, 6.45) is 2.77. The van der Waals surface area contributed by atoms with E-state index in [9.17, 15) is 9.59 Å². The Kier molecular flexibility index (Phi) is 4.08. The van der Waals surface area contributed by atoms with E-state index in [0.29, 0.717) is 5.69 Å². The highest BCUT2D eigenvalue weighted by Crippen LogP contribution is 2.28. The Bertz CT molecular complexity index is 590. The molecule has 106 valence electrons. The van der Waals surface area contributed by atoms with Crippen molar-refractivity contribution in [3.05, 3.63) is 34.9 Å². The lowest BCUT2D eigenvalue weighted by molar-refractivity contribution is -0.113. The number of carboxylic acids is 1. The molecule has 0 aromatic heterocycles. The Labute approximate surface area is 117 Å². The highest BCUT2D eigenvalue weighted by Gasteiger charge is 2.19. The van der Waals surface area contributed by atoms with Crippen LogP contribution in [0.4, 0.5) is 5.69 Å². The van der Waals surface area contributed by atoms with Crippen molar-refractivity contribution in [1.82, 2.24) is 0 Å². The van der Waals surface area contributed by atoms with Crippen LogP contribution in [0.5, 0.6) is 5.75 Å². The van der Waals surface area contributed by atoms with Gasteiger partial charge in [0.25, 0.3) is 5.91 Å². The molecule has 1 aliphatic carbocycles. The molecule has 2 rings (SSSR count). The number of hydrogen-bond donors (Lipinski definition) is 2. The maximum absolute atomic E-state index is 12.1. The molecule has 1 aromatic carbocycles. The van der Waals surface area contributed by atoms with E-state index in [1.807, 2.05) is 6.92 Å². The lowest BCUT2D eigenvalue weighted by atomic mass is 10.1. The van der Waals surface area contributed by atoms with E-state index in [4.69, 9.17) is 9.84 Å². The van der Waals surface area contributed by atoms with Crippen molar-refractivity contribution in [2.75, 3.05) is 12.4 Å². The smallest absolute Gasteiger partial charge is 0.339 e. The first kappa shape index (κ1) is 14.1. The zero-order chi connectivity index (χ0) is 14.7. The topological polar surface area (TPSA) is 75.6 Å². The van der Waals surface area contributed by atoms with Crippen LogP contribution in [-0.2, 0) is 4.79 Å². The summed E-state index contributed by atoms with van der Waals surface area (Å²) in [6, 6.07) is 4.51. The van der Waals surface area contributed by atoms with Gasteiger partial charge in [-0.15, -0.1) is 0 Å². The molecule has 1 aliphatic rings. The van der Waals surface area contributed by atoms with Crippen LogP contribution in [0.3, 0.4) is 0 Å². The van der Waals surface area contributed by atoms with Gasteiger partial charge < -0.3 is 15.2 Å². The first-order valence-corrected chi connectivity index (χ1v) is 6.44. The zero-order valence-corrected chi connectivity index (χ0v) is 11.5. The molecule has 2 N–H and O–H groups in total. The number of hydrogen-bond acceptors (Lipinski definition) is 3. The number of carbonyl (C=O) groups is 2. The summed E-state index contributed by atoms with van der Waals surface area (Å²) >= 11 is 0. The number of anilines is 1. The van der Waals surface area contributed by atoms with Gasteiger partial charge in [0.15, 0.2) is 0 Å². The van der Waals surface area contributed by atoms with Crippen molar-refractivity contribution >= 4 is 17.6 Å². The summed E-state index contributed by atoms with van der Waals surface area (Å²) in [7, 11) is 1.40. The van der Waals surface area contributed by atoms with Crippen LogP contribution in [0.1, 0.15) is 36.5 Å². The first-order chi connectivity index (χ1) is 9.52. The number of rotatable bonds is 4. The monoisotopic (exact) mass is 275 g/mol. The SMILES string of the molecule is COc1cc(NC(=O)C2=C(C)CCC2)ccc1C(=O)O. The first-order valence-electron chi connectivity index (χ1n) is 6.44. The van der Waals surface area contributed by atoms with Crippen molar-refractivity contribution in [3.63, 3.8) is 0 Å². The molecule has 0 heterocycles. The Morgan fingerprint density at radius 2 is 2.05 bits per heavy atom. The molecule has 0 aliphatic heterocycles. The van der Waals surface area contributed by atoms with Gasteiger partial charge in [0.2, 0.25) is 0 Å². The summed E-state index contributed by atoms with van der Waals surface area (Å²) in [5, 5.41) is 11.8. The summed E-state index contributed by atoms with van der Waals surface area (Å²) in [6.45, 7) is 1.97. The molecule has 0 spiro atoms. The van der Waals surface area contributed by atoms with Crippen molar-refractivity contribution in [2.24, 2.45) is 0 Å². The van der Waals surface area contributed by atoms with E-state index in [1.165, 1.54) is 19.2 Å². The van der Waals surface area contributed by atoms with Crippen LogP contribution < -0.4 is 10.1 Å². The Balaban J connectivity index is 2.20. The summed E-state index contributed by atoms with van der Waals surface area (Å²) in [4.78, 5) is 23.1. The predicted molar refractivity (Wildman–Crippen MR) is 75.1 cm³/mol. The normalized spacial score (nSPS) is 14.3. The van der Waals surface area contributed by atoms with Gasteiger partial charge in [-0.1, -0.05) is 5.57 Å². The standard InChI is InChI=1S/C15H17NO4/c1-9-4-3-5-11(9)14(17)16-10-6-7-12(15(18)19)13(8-10)20-2/h6-8H,3-5H2,1-2H3,(H,16,17)(H,18,19). The molecule has 5 nitrogen and oxygen atoms in total. The minimum atomic E-state index is -1.06. The third-order valence-electron chi connectivity index (χ3n) is 3.46. The predicted octanol–water partition coefficient (Wildman–Crippen LogP) is 2.83. The number of amides is 1. The van der Waals surface area contributed by atoms with Crippen LogP contribution in [0.2, 0.25) is 0 Å². The largest absolute Gasteiger partial charge is 0.496 e. The lowest BCUT2D eigenvalue weighted by Crippen LogP contribution is -2.14. The molecular weight excluding hydrogens is 258 g/mol. The van der Waals surface area contributed by atoms with E-state index in [0.717, 1.165) is 30.4 Å². The molecule has 5 heteroatoms. The minimum Gasteiger partial charge on any atom is -0.496 e. The fourth-order valence-corrected chi connectivity index (χ4v) is 2.35. The van der Waals surface area contributed by atoms with Gasteiger partial charge in [-0.2, -0.15) is 0 Å². The second-order valence-corrected chi connectivity index (χ2v) is 4.79. The van der Waals surface area contributed by atoms with Gasteiger partial charge in [-0.05, 0) is 38.3 Å². The van der Waals surface area contributed by atoms with E-state index >= 15 is 0 Å². The molecular formula is C15H17NO4. The third kappa shape index (κ3) is 2.82. The van der Waals surface area contributed by atoms with Gasteiger partial charge in [0, 0.05) is 17.3 Å². The second-order valence-electron chi connectivity index (χ2n) is 4.79. The summed E-state index contributed by atoms with van der Waals surface area (Å²) in [5.74, 6) is -0.952. The number of carbonyl (C=O) groups excluding carboxylic acids is 1. The molecule has 0 saturated carbocycles. The van der Waals surface area contributed by atoms with Crippen LogP contribution in [-0.4, -0.2) is 24.1 Å². The number of allylic oxidation sites excluding steroid dienone is 1. The average molecular weight is 275 g/mol. The minimum absolute atomic E-state index is 0.0711. The van der Waals surface area contributed by atoms with Gasteiger partial charge in [-0.25, -0.2) is 4.79 Å². The molecule has 0 atom stereocenters. The van der Waals surface area contributed by atoms with E-state index in [2.05, 4.69) is 5.32 Å². The van der Waals surface area contributed by atoms with Crippen LogP contribution in [0, 0.1) is 0 Å². The fraction of sp³-hybridized carbons (Fsp3) is 0.333. The number of nitrogens with one attached hydrogen (secondary N) is 1. The highest BCUT2D eigenvalue weighted by atomic mass is 16.5. The van der Waals surface area contributed by atoms with E-state index in [1.54, 1.807) is 6.07 Å². The molecule has 0 bridgehead atoms. The van der Waals surface area contributed by atoms with E-state index in [-0.39, 0.29) is 17.2 Å². The zero-order valence-electron chi connectivity index (χ0n) is 11.5. The van der Waals surface area contributed by atoms with Crippen molar-refractivity contribution in [1.29, 1.82) is 0 Å². The Morgan fingerprint density at radius 3 is 2.60 bits per heavy atom. The molecule has 0 fully saturated rings. The maximum Gasteiger partial charge on any atom is 0.339 e. The third-order valence-corrected chi connectivity index (χ3v) is 3.46. The van der Waals surface area contributed by atoms with Gasteiger partial charge in [0.1, 0.15) is 11.3 Å². The molecule has 0 unspecified atom stereocenters. The molecule has 1 aromatic rings. The molecule has 0 saturated heterocycles. The quantitative estimate of drug-likeness (QED) is 0.886.